The van der Waals surface area contributed by atoms with E-state index in [1.807, 2.05) is 13.0 Å². The number of hydrogen-bond donors (Lipinski definition) is 2. The van der Waals surface area contributed by atoms with Gasteiger partial charge in [-0.15, -0.1) is 23.7 Å². The molecular formula is C14H23ClN2OS. The summed E-state index contributed by atoms with van der Waals surface area (Å²) in [4.78, 5) is 13.5. The van der Waals surface area contributed by atoms with Crippen molar-refractivity contribution in [1.82, 2.24) is 5.32 Å². The van der Waals surface area contributed by atoms with Crippen molar-refractivity contribution in [2.24, 2.45) is 5.73 Å². The van der Waals surface area contributed by atoms with Gasteiger partial charge in [-0.25, -0.2) is 0 Å². The van der Waals surface area contributed by atoms with Crippen molar-refractivity contribution in [2.45, 2.75) is 57.0 Å². The summed E-state index contributed by atoms with van der Waals surface area (Å²) in [6.45, 7) is 2.05. The Hall–Kier alpha value is -0.580. The molecule has 1 aromatic heterocycles. The Morgan fingerprint density at radius 1 is 1.47 bits per heavy atom. The van der Waals surface area contributed by atoms with E-state index in [0.717, 1.165) is 32.1 Å². The minimum absolute atomic E-state index is 0. The second-order valence-electron chi connectivity index (χ2n) is 5.37. The summed E-state index contributed by atoms with van der Waals surface area (Å²) < 4.78 is 0. The summed E-state index contributed by atoms with van der Waals surface area (Å²) in [5.41, 5.74) is 5.59. The van der Waals surface area contributed by atoms with Crippen LogP contribution in [0.5, 0.6) is 0 Å². The van der Waals surface area contributed by atoms with Crippen LogP contribution in [0.4, 0.5) is 0 Å². The molecule has 1 aliphatic rings. The lowest BCUT2D eigenvalue weighted by atomic mass is 9.81. The zero-order valence-corrected chi connectivity index (χ0v) is 13.0. The van der Waals surface area contributed by atoms with Crippen molar-refractivity contribution >= 4 is 29.7 Å². The fourth-order valence-electron chi connectivity index (χ4n) is 2.56. The van der Waals surface area contributed by atoms with Crippen LogP contribution < -0.4 is 11.1 Å². The van der Waals surface area contributed by atoms with Crippen LogP contribution in [0.2, 0.25) is 0 Å². The molecule has 19 heavy (non-hydrogen) atoms. The lowest BCUT2D eigenvalue weighted by Crippen LogP contribution is -2.56. The Labute approximate surface area is 125 Å². The van der Waals surface area contributed by atoms with Gasteiger partial charge in [0, 0.05) is 17.3 Å². The fourth-order valence-corrected chi connectivity index (χ4v) is 3.39. The standard InChI is InChI=1S/C14H22N2OS.ClH/c1-11(10-12-6-5-9-18-12)16-13(17)14(15)7-3-2-4-8-14;/h5-6,9,11H,2-4,7-8,10,15H2,1H3,(H,16,17);1H. The fraction of sp³-hybridized carbons (Fsp3) is 0.643. The van der Waals surface area contributed by atoms with Crippen molar-refractivity contribution in [3.8, 4) is 0 Å². The van der Waals surface area contributed by atoms with Crippen LogP contribution in [0.3, 0.4) is 0 Å². The van der Waals surface area contributed by atoms with Crippen LogP contribution >= 0.6 is 23.7 Å². The molecule has 1 amide bonds. The largest absolute Gasteiger partial charge is 0.352 e. The summed E-state index contributed by atoms with van der Waals surface area (Å²) in [6, 6.07) is 4.30. The molecule has 1 fully saturated rings. The highest BCUT2D eigenvalue weighted by Crippen LogP contribution is 2.26. The summed E-state index contributed by atoms with van der Waals surface area (Å²) in [5.74, 6) is 0.0336. The van der Waals surface area contributed by atoms with Gasteiger partial charge in [0.1, 0.15) is 0 Å². The van der Waals surface area contributed by atoms with Gasteiger partial charge in [-0.3, -0.25) is 4.79 Å². The third-order valence-electron chi connectivity index (χ3n) is 3.66. The van der Waals surface area contributed by atoms with Crippen LogP contribution in [0, 0.1) is 0 Å². The lowest BCUT2D eigenvalue weighted by molar-refractivity contribution is -0.128. The van der Waals surface area contributed by atoms with E-state index in [1.165, 1.54) is 11.3 Å². The first-order chi connectivity index (χ1) is 8.60. The summed E-state index contributed by atoms with van der Waals surface area (Å²) >= 11 is 1.73. The summed E-state index contributed by atoms with van der Waals surface area (Å²) in [5, 5.41) is 5.14. The van der Waals surface area contributed by atoms with E-state index >= 15 is 0 Å². The topological polar surface area (TPSA) is 55.1 Å². The highest BCUT2D eigenvalue weighted by atomic mass is 35.5. The van der Waals surface area contributed by atoms with E-state index in [4.69, 9.17) is 5.73 Å². The number of amides is 1. The molecule has 2 rings (SSSR count). The average molecular weight is 303 g/mol. The third-order valence-corrected chi connectivity index (χ3v) is 4.56. The van der Waals surface area contributed by atoms with Crippen molar-refractivity contribution in [3.63, 3.8) is 0 Å². The van der Waals surface area contributed by atoms with Gasteiger partial charge in [-0.2, -0.15) is 0 Å². The zero-order chi connectivity index (χ0) is 13.0. The predicted octanol–water partition coefficient (Wildman–Crippen LogP) is 2.88. The number of rotatable bonds is 4. The third kappa shape index (κ3) is 4.48. The number of nitrogens with one attached hydrogen (secondary N) is 1. The Bertz CT molecular complexity index is 388. The molecule has 3 nitrogen and oxygen atoms in total. The molecule has 1 aromatic rings. The second-order valence-corrected chi connectivity index (χ2v) is 6.41. The number of carbonyl (C=O) groups excluding carboxylic acids is 1. The summed E-state index contributed by atoms with van der Waals surface area (Å²) in [7, 11) is 0. The Kier molecular flexibility index (Phi) is 6.30. The average Bonchev–Trinajstić information content (AvgIpc) is 2.82. The molecule has 1 aliphatic carbocycles. The number of halogens is 1. The maximum atomic E-state index is 12.2. The normalized spacial score (nSPS) is 19.3. The van der Waals surface area contributed by atoms with Gasteiger partial charge >= 0.3 is 0 Å². The van der Waals surface area contributed by atoms with E-state index in [1.54, 1.807) is 11.3 Å². The van der Waals surface area contributed by atoms with E-state index in [-0.39, 0.29) is 24.4 Å². The summed E-state index contributed by atoms with van der Waals surface area (Å²) in [6.07, 6.45) is 5.89. The van der Waals surface area contributed by atoms with Gasteiger partial charge in [0.05, 0.1) is 5.54 Å². The van der Waals surface area contributed by atoms with Crippen LogP contribution in [0.15, 0.2) is 17.5 Å². The second kappa shape index (κ2) is 7.27. The Balaban J connectivity index is 0.00000180. The minimum atomic E-state index is -0.623. The van der Waals surface area contributed by atoms with E-state index in [2.05, 4.69) is 16.8 Å². The number of hydrogen-bond acceptors (Lipinski definition) is 3. The van der Waals surface area contributed by atoms with Gasteiger partial charge in [0.15, 0.2) is 0 Å². The van der Waals surface area contributed by atoms with Crippen molar-refractivity contribution < 1.29 is 4.79 Å². The van der Waals surface area contributed by atoms with Gasteiger partial charge < -0.3 is 11.1 Å². The number of carbonyl (C=O) groups is 1. The lowest BCUT2D eigenvalue weighted by Gasteiger charge is -2.33. The molecule has 1 heterocycles. The van der Waals surface area contributed by atoms with E-state index < -0.39 is 5.54 Å². The maximum absolute atomic E-state index is 12.2. The number of nitrogens with two attached hydrogens (primary N) is 1. The smallest absolute Gasteiger partial charge is 0.240 e. The molecule has 108 valence electrons. The minimum Gasteiger partial charge on any atom is -0.352 e. The highest BCUT2D eigenvalue weighted by molar-refractivity contribution is 7.09. The zero-order valence-electron chi connectivity index (χ0n) is 11.4. The van der Waals surface area contributed by atoms with Gasteiger partial charge in [0.2, 0.25) is 5.91 Å². The number of thiophene rings is 1. The van der Waals surface area contributed by atoms with Crippen LogP contribution in [0.25, 0.3) is 0 Å². The monoisotopic (exact) mass is 302 g/mol. The first-order valence-electron chi connectivity index (χ1n) is 6.72. The van der Waals surface area contributed by atoms with Crippen LogP contribution in [-0.2, 0) is 11.2 Å². The van der Waals surface area contributed by atoms with Gasteiger partial charge in [0.25, 0.3) is 0 Å². The molecule has 0 spiro atoms. The van der Waals surface area contributed by atoms with Gasteiger partial charge in [-0.05, 0) is 31.2 Å². The molecule has 1 saturated carbocycles. The van der Waals surface area contributed by atoms with E-state index in [0.29, 0.717) is 0 Å². The Morgan fingerprint density at radius 2 is 2.16 bits per heavy atom. The first-order valence-corrected chi connectivity index (χ1v) is 7.60. The first kappa shape index (κ1) is 16.5. The molecule has 0 aromatic carbocycles. The molecule has 5 heteroatoms. The SMILES string of the molecule is CC(Cc1cccs1)NC(=O)C1(N)CCCCC1.Cl. The predicted molar refractivity (Wildman–Crippen MR) is 82.9 cm³/mol. The Morgan fingerprint density at radius 3 is 2.74 bits per heavy atom. The molecule has 0 bridgehead atoms. The van der Waals surface area contributed by atoms with Crippen molar-refractivity contribution in [1.29, 1.82) is 0 Å². The molecule has 1 unspecified atom stereocenters. The maximum Gasteiger partial charge on any atom is 0.240 e. The van der Waals surface area contributed by atoms with Crippen LogP contribution in [-0.4, -0.2) is 17.5 Å². The van der Waals surface area contributed by atoms with Crippen LogP contribution in [0.1, 0.15) is 43.9 Å². The molecule has 1 atom stereocenters. The van der Waals surface area contributed by atoms with E-state index in [9.17, 15) is 4.79 Å². The van der Waals surface area contributed by atoms with Crippen molar-refractivity contribution in [3.05, 3.63) is 22.4 Å². The van der Waals surface area contributed by atoms with Crippen molar-refractivity contribution in [2.75, 3.05) is 0 Å². The molecule has 0 radical (unpaired) electrons. The molecular weight excluding hydrogens is 280 g/mol. The van der Waals surface area contributed by atoms with Gasteiger partial charge in [-0.1, -0.05) is 25.3 Å². The quantitative estimate of drug-likeness (QED) is 0.898. The highest BCUT2D eigenvalue weighted by Gasteiger charge is 2.35. The molecule has 0 aliphatic heterocycles. The molecule has 0 saturated heterocycles. The molecule has 3 N–H and O–H groups in total.